The van der Waals surface area contributed by atoms with Gasteiger partial charge in [0.15, 0.2) is 11.6 Å². The fourth-order valence-electron chi connectivity index (χ4n) is 6.08. The first kappa shape index (κ1) is 21.4. The highest BCUT2D eigenvalue weighted by atomic mass is 19.1. The van der Waals surface area contributed by atoms with E-state index in [-0.39, 0.29) is 5.82 Å². The molecule has 0 bridgehead atoms. The van der Waals surface area contributed by atoms with Gasteiger partial charge in [-0.2, -0.15) is 0 Å². The quantitative estimate of drug-likeness (QED) is 0.418. The van der Waals surface area contributed by atoms with Crippen LogP contribution in [0.4, 0.5) is 4.39 Å². The number of halogens is 1. The molecule has 2 aromatic carbocycles. The fourth-order valence-corrected chi connectivity index (χ4v) is 6.08. The van der Waals surface area contributed by atoms with Crippen molar-refractivity contribution in [2.24, 2.45) is 17.8 Å². The van der Waals surface area contributed by atoms with Crippen LogP contribution in [-0.4, -0.2) is 6.61 Å². The zero-order chi connectivity index (χ0) is 20.9. The van der Waals surface area contributed by atoms with Gasteiger partial charge in [0.05, 0.1) is 0 Å². The Balaban J connectivity index is 1.37. The van der Waals surface area contributed by atoms with Gasteiger partial charge < -0.3 is 4.74 Å². The van der Waals surface area contributed by atoms with Crippen LogP contribution in [0.2, 0.25) is 0 Å². The van der Waals surface area contributed by atoms with E-state index in [1.165, 1.54) is 69.8 Å². The minimum atomic E-state index is -0.261. The van der Waals surface area contributed by atoms with Crippen LogP contribution < -0.4 is 4.74 Å². The van der Waals surface area contributed by atoms with Gasteiger partial charge >= 0.3 is 0 Å². The third-order valence-electron chi connectivity index (χ3n) is 7.80. The smallest absolute Gasteiger partial charge is 0.172 e. The molecule has 2 fully saturated rings. The third-order valence-corrected chi connectivity index (χ3v) is 7.80. The highest BCUT2D eigenvalue weighted by Crippen LogP contribution is 2.45. The van der Waals surface area contributed by atoms with Crippen molar-refractivity contribution in [1.82, 2.24) is 0 Å². The Morgan fingerprint density at radius 1 is 0.967 bits per heavy atom. The Labute approximate surface area is 181 Å². The van der Waals surface area contributed by atoms with Crippen molar-refractivity contribution >= 4 is 10.8 Å². The number of fused-ring (bicyclic) bond motifs is 1. The molecule has 0 aliphatic heterocycles. The average molecular weight is 409 g/mol. The van der Waals surface area contributed by atoms with E-state index in [1.54, 1.807) is 12.1 Å². The molecule has 2 heteroatoms. The molecule has 30 heavy (non-hydrogen) atoms. The van der Waals surface area contributed by atoms with Crippen LogP contribution in [-0.2, 0) is 0 Å². The van der Waals surface area contributed by atoms with Crippen molar-refractivity contribution < 1.29 is 9.13 Å². The van der Waals surface area contributed by atoms with Gasteiger partial charge in [0.25, 0.3) is 0 Å². The van der Waals surface area contributed by atoms with Crippen LogP contribution in [0.25, 0.3) is 10.8 Å². The SMILES string of the molecule is C=CCOc1ccc2cc(C3CCC(C4CCC(CCC)CC4)CC3)ccc2c1F. The van der Waals surface area contributed by atoms with Crippen LogP contribution in [0.15, 0.2) is 43.0 Å². The monoisotopic (exact) mass is 408 g/mol. The molecule has 162 valence electrons. The maximum Gasteiger partial charge on any atom is 0.172 e. The molecule has 2 aliphatic rings. The van der Waals surface area contributed by atoms with E-state index in [2.05, 4.69) is 25.6 Å². The van der Waals surface area contributed by atoms with E-state index < -0.39 is 0 Å². The van der Waals surface area contributed by atoms with Gasteiger partial charge in [0.1, 0.15) is 6.61 Å². The van der Waals surface area contributed by atoms with Crippen molar-refractivity contribution in [3.05, 3.63) is 54.4 Å². The van der Waals surface area contributed by atoms with E-state index >= 15 is 0 Å². The van der Waals surface area contributed by atoms with Gasteiger partial charge in [0.2, 0.25) is 0 Å². The fraction of sp³-hybridized carbons (Fsp3) is 0.571. The molecule has 0 N–H and O–H groups in total. The zero-order valence-corrected chi connectivity index (χ0v) is 18.5. The summed E-state index contributed by atoms with van der Waals surface area (Å²) in [6.07, 6.45) is 15.6. The Morgan fingerprint density at radius 3 is 2.33 bits per heavy atom. The Kier molecular flexibility index (Phi) is 7.12. The number of hydrogen-bond acceptors (Lipinski definition) is 1. The van der Waals surface area contributed by atoms with E-state index in [0.29, 0.717) is 23.7 Å². The lowest BCUT2D eigenvalue weighted by Gasteiger charge is -2.38. The molecule has 0 aromatic heterocycles. The first-order valence-corrected chi connectivity index (χ1v) is 12.2. The number of rotatable bonds is 7. The van der Waals surface area contributed by atoms with E-state index in [1.807, 2.05) is 12.1 Å². The summed E-state index contributed by atoms with van der Waals surface area (Å²) in [7, 11) is 0. The topological polar surface area (TPSA) is 9.23 Å². The summed E-state index contributed by atoms with van der Waals surface area (Å²) in [6, 6.07) is 10.0. The van der Waals surface area contributed by atoms with Gasteiger partial charge in [-0.3, -0.25) is 0 Å². The Morgan fingerprint density at radius 2 is 1.67 bits per heavy atom. The minimum absolute atomic E-state index is 0.261. The summed E-state index contributed by atoms with van der Waals surface area (Å²) in [5, 5.41) is 1.63. The maximum absolute atomic E-state index is 14.7. The molecular weight excluding hydrogens is 371 g/mol. The molecule has 0 atom stereocenters. The van der Waals surface area contributed by atoms with Crippen molar-refractivity contribution in [3.63, 3.8) is 0 Å². The summed E-state index contributed by atoms with van der Waals surface area (Å²) in [6.45, 7) is 6.28. The first-order chi connectivity index (χ1) is 14.7. The van der Waals surface area contributed by atoms with Gasteiger partial charge in [0, 0.05) is 5.39 Å². The molecule has 0 saturated heterocycles. The second-order valence-electron chi connectivity index (χ2n) is 9.64. The second kappa shape index (κ2) is 9.98. The average Bonchev–Trinajstić information content (AvgIpc) is 2.79. The number of hydrogen-bond donors (Lipinski definition) is 0. The van der Waals surface area contributed by atoms with Gasteiger partial charge in [-0.05, 0) is 79.2 Å². The lowest BCUT2D eigenvalue weighted by molar-refractivity contribution is 0.156. The van der Waals surface area contributed by atoms with Crippen LogP contribution in [0.3, 0.4) is 0 Å². The highest BCUT2D eigenvalue weighted by Gasteiger charge is 2.31. The standard InChI is InChI=1S/C28H37FO/c1-3-5-20-6-8-21(9-7-20)22-10-12-23(13-11-22)24-14-16-26-25(19-24)15-17-27(28(26)29)30-18-4-2/h4,14-17,19-23H,2-3,5-13,18H2,1H3. The van der Waals surface area contributed by atoms with Crippen LogP contribution in [0, 0.1) is 23.6 Å². The van der Waals surface area contributed by atoms with Crippen molar-refractivity contribution in [1.29, 1.82) is 0 Å². The molecule has 0 radical (unpaired) electrons. The van der Waals surface area contributed by atoms with Crippen LogP contribution >= 0.6 is 0 Å². The predicted molar refractivity (Wildman–Crippen MR) is 125 cm³/mol. The highest BCUT2D eigenvalue weighted by molar-refractivity contribution is 5.85. The minimum Gasteiger partial charge on any atom is -0.486 e. The molecule has 1 nitrogen and oxygen atoms in total. The van der Waals surface area contributed by atoms with Crippen molar-refractivity contribution in [2.45, 2.75) is 77.0 Å². The lowest BCUT2D eigenvalue weighted by Crippen LogP contribution is -2.25. The largest absolute Gasteiger partial charge is 0.486 e. The predicted octanol–water partition coefficient (Wildman–Crippen LogP) is 8.42. The second-order valence-corrected chi connectivity index (χ2v) is 9.64. The van der Waals surface area contributed by atoms with Gasteiger partial charge in [-0.25, -0.2) is 4.39 Å². The van der Waals surface area contributed by atoms with Gasteiger partial charge in [-0.15, -0.1) is 0 Å². The summed E-state index contributed by atoms with van der Waals surface area (Å²) in [4.78, 5) is 0. The zero-order valence-electron chi connectivity index (χ0n) is 18.5. The van der Waals surface area contributed by atoms with E-state index in [9.17, 15) is 4.39 Å². The molecule has 0 amide bonds. The van der Waals surface area contributed by atoms with E-state index in [0.717, 1.165) is 23.1 Å². The summed E-state index contributed by atoms with van der Waals surface area (Å²) in [5.74, 6) is 3.59. The van der Waals surface area contributed by atoms with Crippen molar-refractivity contribution in [2.75, 3.05) is 6.61 Å². The Hall–Kier alpha value is -1.83. The molecular formula is C28H37FO. The Bertz CT molecular complexity index is 841. The van der Waals surface area contributed by atoms with Gasteiger partial charge in [-0.1, -0.05) is 69.5 Å². The molecule has 2 saturated carbocycles. The maximum atomic E-state index is 14.7. The summed E-state index contributed by atoms with van der Waals surface area (Å²) in [5.41, 5.74) is 1.38. The molecule has 2 aliphatic carbocycles. The molecule has 0 heterocycles. The lowest BCUT2D eigenvalue weighted by atomic mass is 9.68. The third kappa shape index (κ3) is 4.74. The molecule has 2 aromatic rings. The van der Waals surface area contributed by atoms with Crippen LogP contribution in [0.1, 0.15) is 82.6 Å². The number of benzene rings is 2. The van der Waals surface area contributed by atoms with Crippen molar-refractivity contribution in [3.8, 4) is 5.75 Å². The molecule has 0 unspecified atom stereocenters. The van der Waals surface area contributed by atoms with Crippen LogP contribution in [0.5, 0.6) is 5.75 Å². The molecule has 4 rings (SSSR count). The first-order valence-electron chi connectivity index (χ1n) is 12.2. The van der Waals surface area contributed by atoms with E-state index in [4.69, 9.17) is 4.74 Å². The molecule has 0 spiro atoms. The normalized spacial score (nSPS) is 27.1. The summed E-state index contributed by atoms with van der Waals surface area (Å²) < 4.78 is 20.2. The summed E-state index contributed by atoms with van der Waals surface area (Å²) >= 11 is 0. The number of ether oxygens (including phenoxy) is 1.